The third kappa shape index (κ3) is 14.6. The highest BCUT2D eigenvalue weighted by Gasteiger charge is 2.48. The molecule has 2 aliphatic rings. The van der Waals surface area contributed by atoms with Gasteiger partial charge in [0.05, 0.1) is 47.2 Å². The number of carbonyl (C=O) groups excluding carboxylic acids is 4. The van der Waals surface area contributed by atoms with Crippen molar-refractivity contribution >= 4 is 57.7 Å². The van der Waals surface area contributed by atoms with Crippen molar-refractivity contribution in [3.05, 3.63) is 83.3 Å². The second-order valence-electron chi connectivity index (χ2n) is 15.1. The Bertz CT molecular complexity index is 2280. The van der Waals surface area contributed by atoms with Crippen molar-refractivity contribution in [2.24, 2.45) is 32.9 Å². The summed E-state index contributed by atoms with van der Waals surface area (Å²) in [6.45, 7) is -0.327. The van der Waals surface area contributed by atoms with Gasteiger partial charge in [-0.2, -0.15) is 0 Å². The lowest BCUT2D eigenvalue weighted by atomic mass is 9.92. The summed E-state index contributed by atoms with van der Waals surface area (Å²) in [6.07, 6.45) is -11.1. The molecule has 376 valence electrons. The Morgan fingerprint density at radius 1 is 0.638 bits per heavy atom. The number of benzene rings is 2. The summed E-state index contributed by atoms with van der Waals surface area (Å²) in [5.41, 5.74) is 22.7. The first-order chi connectivity index (χ1) is 32.4. The summed E-state index contributed by atoms with van der Waals surface area (Å²) in [5, 5.41) is 69.9. The summed E-state index contributed by atoms with van der Waals surface area (Å²) in [7, 11) is -4.15. The lowest BCUT2D eigenvalue weighted by Crippen LogP contribution is -2.61. The van der Waals surface area contributed by atoms with Crippen LogP contribution in [0.25, 0.3) is 0 Å². The van der Waals surface area contributed by atoms with Crippen LogP contribution in [0.2, 0.25) is 0 Å². The number of carboxylic acid groups (broad SMARTS) is 2. The molecule has 2 heterocycles. The first-order valence-electron chi connectivity index (χ1n) is 20.3. The number of carbonyl (C=O) groups is 6. The molecule has 28 nitrogen and oxygen atoms in total. The Balaban J connectivity index is 1.41. The number of aliphatic hydroxyl groups excluding tert-OH is 4. The van der Waals surface area contributed by atoms with E-state index in [2.05, 4.69) is 31.3 Å². The Morgan fingerprint density at radius 2 is 0.971 bits per heavy atom. The number of nitrogens with zero attached hydrogens (tertiary/aromatic N) is 2. The van der Waals surface area contributed by atoms with Crippen LogP contribution in [-0.2, 0) is 61.1 Å². The van der Waals surface area contributed by atoms with Crippen LogP contribution < -0.4 is 44.2 Å². The number of aliphatic imine (C=N–C) groups is 2. The van der Waals surface area contributed by atoms with Gasteiger partial charge in [0.15, 0.2) is 36.3 Å². The summed E-state index contributed by atoms with van der Waals surface area (Å²) in [4.78, 5) is 81.5. The molecule has 4 rings (SSSR count). The number of hydrogen-bond donors (Lipinski definition) is 14. The second-order valence-corrected chi connectivity index (χ2v) is 17.1. The number of amides is 4. The monoisotopic (exact) mass is 992 g/mol. The van der Waals surface area contributed by atoms with Crippen LogP contribution in [0, 0.1) is 0 Å². The van der Waals surface area contributed by atoms with Crippen LogP contribution >= 0.6 is 0 Å². The van der Waals surface area contributed by atoms with Crippen LogP contribution in [0.3, 0.4) is 0 Å². The van der Waals surface area contributed by atoms with Crippen molar-refractivity contribution in [3.63, 3.8) is 0 Å². The lowest BCUT2D eigenvalue weighted by Gasteiger charge is -2.39. The number of nitrogens with one attached hydrogen (secondary N) is 4. The van der Waals surface area contributed by atoms with Gasteiger partial charge in [-0.05, 0) is 47.5 Å². The quantitative estimate of drug-likeness (QED) is 0.0439. The van der Waals surface area contributed by atoms with Crippen molar-refractivity contribution in [1.82, 2.24) is 21.3 Å². The number of hydrogen-bond acceptors (Lipinski definition) is 18. The van der Waals surface area contributed by atoms with Crippen LogP contribution in [0.5, 0.6) is 0 Å². The fourth-order valence-electron chi connectivity index (χ4n) is 6.92. The van der Waals surface area contributed by atoms with E-state index >= 15 is 0 Å². The van der Waals surface area contributed by atoms with Crippen LogP contribution in [0.1, 0.15) is 25.0 Å². The minimum Gasteiger partial charge on any atom is -0.477 e. The Hall–Kier alpha value is -7.73. The largest absolute Gasteiger partial charge is 0.477 e. The topological polar surface area (TPSA) is 472 Å². The molecular formula is C40H52N10O18S. The molecule has 2 aromatic carbocycles. The molecule has 0 spiro atoms. The van der Waals surface area contributed by atoms with Crippen molar-refractivity contribution < 1.29 is 86.8 Å². The molecule has 0 aromatic heterocycles. The fraction of sp³-hybridized carbons (Fsp3) is 0.400. The molecule has 0 fully saturated rings. The molecule has 18 N–H and O–H groups in total. The van der Waals surface area contributed by atoms with Crippen molar-refractivity contribution in [3.8, 4) is 0 Å². The first-order valence-corrected chi connectivity index (χ1v) is 21.8. The van der Waals surface area contributed by atoms with E-state index in [1.54, 1.807) is 0 Å². The molecule has 0 saturated carbocycles. The van der Waals surface area contributed by atoms with Gasteiger partial charge in [-0.25, -0.2) is 37.6 Å². The Kier molecular flexibility index (Phi) is 18.6. The highest BCUT2D eigenvalue weighted by atomic mass is 32.2. The number of aliphatic hydroxyl groups is 4. The molecule has 0 unspecified atom stereocenters. The van der Waals surface area contributed by atoms with Gasteiger partial charge < -0.3 is 93.8 Å². The molecule has 0 bridgehead atoms. The van der Waals surface area contributed by atoms with Gasteiger partial charge in [-0.15, -0.1) is 0 Å². The highest BCUT2D eigenvalue weighted by molar-refractivity contribution is 7.91. The zero-order valence-corrected chi connectivity index (χ0v) is 37.4. The zero-order valence-electron chi connectivity index (χ0n) is 36.6. The molecule has 2 aromatic rings. The van der Waals surface area contributed by atoms with E-state index in [0.717, 1.165) is 26.0 Å². The normalized spacial score (nSPS) is 21.5. The molecule has 69 heavy (non-hydrogen) atoms. The number of nitrogens with two attached hydrogens (primary N) is 4. The van der Waals surface area contributed by atoms with E-state index in [1.165, 1.54) is 48.5 Å². The molecule has 4 amide bonds. The van der Waals surface area contributed by atoms with Gasteiger partial charge in [0, 0.05) is 26.9 Å². The van der Waals surface area contributed by atoms with Crippen molar-refractivity contribution in [1.29, 1.82) is 0 Å². The van der Waals surface area contributed by atoms with Gasteiger partial charge in [0.2, 0.25) is 33.2 Å². The van der Waals surface area contributed by atoms with E-state index in [4.69, 9.17) is 41.9 Å². The maximum atomic E-state index is 13.5. The van der Waals surface area contributed by atoms with E-state index in [9.17, 15) is 67.8 Å². The number of sulfone groups is 1. The fourth-order valence-corrected chi connectivity index (χ4v) is 8.18. The van der Waals surface area contributed by atoms with Gasteiger partial charge in [0.25, 0.3) is 0 Å². The minimum absolute atomic E-state index is 0.163. The van der Waals surface area contributed by atoms with E-state index in [-0.39, 0.29) is 22.9 Å². The predicted octanol–water partition coefficient (Wildman–Crippen LogP) is -4.56. The van der Waals surface area contributed by atoms with Crippen LogP contribution in [0.4, 0.5) is 9.59 Å². The summed E-state index contributed by atoms with van der Waals surface area (Å²) in [6, 6.07) is 5.29. The third-order valence-electron chi connectivity index (χ3n) is 9.98. The first kappa shape index (κ1) is 53.9. The van der Waals surface area contributed by atoms with Gasteiger partial charge in [-0.3, -0.25) is 9.59 Å². The highest BCUT2D eigenvalue weighted by Crippen LogP contribution is 2.29. The average molecular weight is 993 g/mol. The molecule has 0 aliphatic carbocycles. The Morgan fingerprint density at radius 3 is 1.25 bits per heavy atom. The minimum atomic E-state index is -4.15. The molecular weight excluding hydrogens is 941 g/mol. The van der Waals surface area contributed by atoms with Crippen molar-refractivity contribution in [2.45, 2.75) is 97.5 Å². The van der Waals surface area contributed by atoms with Gasteiger partial charge in [0.1, 0.15) is 12.2 Å². The maximum Gasteiger partial charge on any atom is 0.407 e. The van der Waals surface area contributed by atoms with Gasteiger partial charge in [-0.1, -0.05) is 24.3 Å². The summed E-state index contributed by atoms with van der Waals surface area (Å²) in [5.74, 6) is -6.92. The summed E-state index contributed by atoms with van der Waals surface area (Å²) >= 11 is 0. The number of aliphatic carboxylic acids is 2. The number of alkyl carbamates (subject to hydrolysis) is 2. The second kappa shape index (κ2) is 23.8. The number of ether oxygens (including phenoxy) is 4. The number of guanidine groups is 2. The molecule has 0 radical (unpaired) electrons. The van der Waals surface area contributed by atoms with E-state index in [1.807, 2.05) is 0 Å². The summed E-state index contributed by atoms with van der Waals surface area (Å²) < 4.78 is 48.8. The Labute approximate surface area is 391 Å². The zero-order chi connectivity index (χ0) is 51.3. The lowest BCUT2D eigenvalue weighted by molar-refractivity contribution is -0.147. The number of rotatable bonds is 20. The number of carboxylic acids is 2. The maximum absolute atomic E-state index is 13.5. The van der Waals surface area contributed by atoms with E-state index < -0.39 is 143 Å². The molecule has 0 saturated heterocycles. The molecule has 10 atom stereocenters. The van der Waals surface area contributed by atoms with Gasteiger partial charge >= 0.3 is 24.1 Å². The van der Waals surface area contributed by atoms with Crippen LogP contribution in [-0.4, -0.2) is 161 Å². The van der Waals surface area contributed by atoms with Crippen LogP contribution in [0.15, 0.2) is 92.0 Å². The SMILES string of the molecule is CC(=O)N[C@H]1[C@H]([C@H](OC(=O)NCc2ccc(S(=O)(=O)c3ccc(CNC(=O)O[C@@H]([C@@H]4OC(C(=O)O)=C[C@H](N=C(N)N)[C@H]4NC(C)=O)[C@H](O)CO)cc3)cc2)[C@H](O)CO)OC(C(=O)O)=C[C@@H]1N=C(N)N. The predicted molar refractivity (Wildman–Crippen MR) is 234 cm³/mol. The average Bonchev–Trinajstić information content (AvgIpc) is 3.28. The molecule has 29 heteroatoms. The van der Waals surface area contributed by atoms with Crippen molar-refractivity contribution in [2.75, 3.05) is 13.2 Å². The molecule has 2 aliphatic heterocycles. The standard InChI is InChI=1S/C40H52N10O18S/c1-17(53)47-29-23(49-37(41)42)11-27(35(57)58)65-33(29)31(25(55)15-51)67-39(61)45-13-19-3-7-21(8-4-19)69(63,64)22-9-5-20(6-10-22)14-46-40(62)68-32(26(56)16-52)34-30(48-18(2)54)24(50-38(43)44)12-28(66-34)36(59)60/h3-12,23-26,29-34,51-52,55-56H,13-16H2,1-2H3,(H,45,61)(H,46,62)(H,47,53)(H,48,54)(H,57,58)(H,59,60)(H4,41,42,49)(H4,43,44,50)/t23-,24-,25+,26+,29+,30+,31+,32+,33+,34+/m0/s1. The smallest absolute Gasteiger partial charge is 0.407 e. The van der Waals surface area contributed by atoms with E-state index in [0.29, 0.717) is 11.1 Å². The third-order valence-corrected chi connectivity index (χ3v) is 11.8.